The largest absolute Gasteiger partial charge is 0.459 e. The monoisotopic (exact) mass is 405 g/mol. The van der Waals surface area contributed by atoms with Crippen molar-refractivity contribution in [3.05, 3.63) is 51.4 Å². The summed E-state index contributed by atoms with van der Waals surface area (Å²) in [5.74, 6) is -0.639. The van der Waals surface area contributed by atoms with E-state index in [0.29, 0.717) is 27.7 Å². The van der Waals surface area contributed by atoms with E-state index < -0.39 is 5.97 Å². The Kier molecular flexibility index (Phi) is 7.77. The number of nitrogens with zero attached hydrogens (tertiary/aromatic N) is 1. The molecule has 1 heterocycles. The van der Waals surface area contributed by atoms with E-state index in [2.05, 4.69) is 15.3 Å². The molecule has 0 aliphatic rings. The lowest BCUT2D eigenvalue weighted by Gasteiger charge is -2.09. The van der Waals surface area contributed by atoms with Crippen molar-refractivity contribution in [2.75, 3.05) is 17.7 Å². The molecule has 0 aliphatic carbocycles. The third kappa shape index (κ3) is 6.21. The first kappa shape index (κ1) is 21.6. The second-order valence-electron chi connectivity index (χ2n) is 6.28. The number of ether oxygens (including phenoxy) is 1. The fraction of sp³-hybridized carbons (Fsp3) is 0.368. The first-order valence-corrected chi connectivity index (χ1v) is 9.73. The van der Waals surface area contributed by atoms with E-state index in [1.54, 1.807) is 45.0 Å². The van der Waals surface area contributed by atoms with Crippen LogP contribution in [0.5, 0.6) is 0 Å². The number of nitrogens with one attached hydrogen (secondary N) is 2. The summed E-state index contributed by atoms with van der Waals surface area (Å²) in [5, 5.41) is 12.0. The van der Waals surface area contributed by atoms with Crippen LogP contribution in [0, 0.1) is 6.92 Å². The molecule has 2 aromatic rings. The van der Waals surface area contributed by atoms with Gasteiger partial charge in [-0.05, 0) is 45.0 Å². The van der Waals surface area contributed by atoms with Crippen LogP contribution < -0.4 is 10.9 Å². The molecule has 0 unspecified atom stereocenters. The van der Waals surface area contributed by atoms with Crippen LogP contribution in [0.2, 0.25) is 0 Å². The zero-order chi connectivity index (χ0) is 20.7. The van der Waals surface area contributed by atoms with Gasteiger partial charge in [-0.15, -0.1) is 0 Å². The highest BCUT2D eigenvalue weighted by Crippen LogP contribution is 2.15. The molecule has 0 saturated carbocycles. The van der Waals surface area contributed by atoms with Crippen molar-refractivity contribution in [1.29, 1.82) is 0 Å². The number of rotatable bonds is 8. The van der Waals surface area contributed by atoms with Crippen molar-refractivity contribution in [2.24, 2.45) is 0 Å². The normalized spacial score (nSPS) is 10.8. The highest BCUT2D eigenvalue weighted by molar-refractivity contribution is 7.99. The Hall–Kier alpha value is -2.65. The van der Waals surface area contributed by atoms with Crippen LogP contribution in [0.1, 0.15) is 35.5 Å². The van der Waals surface area contributed by atoms with Crippen LogP contribution in [0.25, 0.3) is 0 Å². The molecule has 9 heteroatoms. The smallest absolute Gasteiger partial charge is 0.338 e. The lowest BCUT2D eigenvalue weighted by molar-refractivity contribution is -0.113. The maximum Gasteiger partial charge on any atom is 0.338 e. The van der Waals surface area contributed by atoms with Crippen molar-refractivity contribution in [3.8, 4) is 0 Å². The second-order valence-corrected chi connectivity index (χ2v) is 7.24. The number of thioether (sulfide) groups is 1. The number of aryl methyl sites for hydroxylation is 1. The third-order valence-corrected chi connectivity index (χ3v) is 4.52. The fourth-order valence-corrected chi connectivity index (χ4v) is 3.07. The van der Waals surface area contributed by atoms with E-state index in [4.69, 9.17) is 9.84 Å². The highest BCUT2D eigenvalue weighted by Gasteiger charge is 2.12. The molecule has 1 amide bonds. The number of carbonyl (C=O) groups is 2. The number of aliphatic hydroxyl groups is 1. The minimum absolute atomic E-state index is 0.0544. The molecule has 150 valence electrons. The van der Waals surface area contributed by atoms with E-state index in [1.165, 1.54) is 0 Å². The standard InChI is InChI=1S/C19H23N3O5S/c1-11(2)27-18(26)13-4-6-14(7-5-13)21-16(24)10-28-19-20-12(3)15(8-9-23)17(25)22-19/h4-7,11,23H,8-10H2,1-3H3,(H,21,24)(H,20,22,25). The molecule has 28 heavy (non-hydrogen) atoms. The van der Waals surface area contributed by atoms with E-state index in [1.807, 2.05) is 0 Å². The molecule has 0 fully saturated rings. The maximum atomic E-state index is 12.1. The SMILES string of the molecule is Cc1nc(SCC(=O)Nc2ccc(C(=O)OC(C)C)cc2)[nH]c(=O)c1CCO. The van der Waals surface area contributed by atoms with Gasteiger partial charge in [-0.1, -0.05) is 11.8 Å². The van der Waals surface area contributed by atoms with Gasteiger partial charge in [0.15, 0.2) is 5.16 Å². The predicted octanol–water partition coefficient (Wildman–Crippen LogP) is 1.91. The number of hydrogen-bond acceptors (Lipinski definition) is 7. The Morgan fingerprint density at radius 3 is 2.54 bits per heavy atom. The summed E-state index contributed by atoms with van der Waals surface area (Å²) in [6.07, 6.45) is 0.0330. The number of benzene rings is 1. The van der Waals surface area contributed by atoms with Gasteiger partial charge in [-0.3, -0.25) is 9.59 Å². The fourth-order valence-electron chi connectivity index (χ4n) is 2.36. The van der Waals surface area contributed by atoms with E-state index in [0.717, 1.165) is 11.8 Å². The highest BCUT2D eigenvalue weighted by atomic mass is 32.2. The molecule has 0 spiro atoms. The Morgan fingerprint density at radius 1 is 1.29 bits per heavy atom. The van der Waals surface area contributed by atoms with Gasteiger partial charge >= 0.3 is 5.97 Å². The minimum Gasteiger partial charge on any atom is -0.459 e. The van der Waals surface area contributed by atoms with Crippen LogP contribution >= 0.6 is 11.8 Å². The molecule has 3 N–H and O–H groups in total. The summed E-state index contributed by atoms with van der Waals surface area (Å²) in [4.78, 5) is 42.8. The number of amides is 1. The number of aromatic amines is 1. The number of esters is 1. The van der Waals surface area contributed by atoms with Gasteiger partial charge in [-0.25, -0.2) is 9.78 Å². The van der Waals surface area contributed by atoms with Gasteiger partial charge in [0.2, 0.25) is 5.91 Å². The van der Waals surface area contributed by atoms with Crippen molar-refractivity contribution in [2.45, 2.75) is 38.5 Å². The van der Waals surface area contributed by atoms with Gasteiger partial charge in [0, 0.05) is 30.0 Å². The average Bonchev–Trinajstić information content (AvgIpc) is 2.63. The molecule has 0 aliphatic heterocycles. The average molecular weight is 405 g/mol. The molecule has 1 aromatic heterocycles. The molecule has 0 radical (unpaired) electrons. The van der Waals surface area contributed by atoms with Crippen LogP contribution in [-0.4, -0.2) is 45.4 Å². The summed E-state index contributed by atoms with van der Waals surface area (Å²) in [6.45, 7) is 5.10. The van der Waals surface area contributed by atoms with Gasteiger partial charge in [0.05, 0.1) is 17.4 Å². The number of aromatic nitrogens is 2. The van der Waals surface area contributed by atoms with E-state index in [-0.39, 0.29) is 36.4 Å². The van der Waals surface area contributed by atoms with Crippen LogP contribution in [0.4, 0.5) is 5.69 Å². The van der Waals surface area contributed by atoms with Crippen LogP contribution in [0.15, 0.2) is 34.2 Å². The zero-order valence-electron chi connectivity index (χ0n) is 15.9. The quantitative estimate of drug-likeness (QED) is 0.348. The van der Waals surface area contributed by atoms with Crippen molar-refractivity contribution < 1.29 is 19.4 Å². The minimum atomic E-state index is -0.418. The van der Waals surface area contributed by atoms with Gasteiger partial charge in [-0.2, -0.15) is 0 Å². The Bertz CT molecular complexity index is 893. The molecular weight excluding hydrogens is 382 g/mol. The summed E-state index contributed by atoms with van der Waals surface area (Å²) >= 11 is 1.10. The number of anilines is 1. The summed E-state index contributed by atoms with van der Waals surface area (Å²) in [5.41, 5.74) is 1.61. The first-order valence-electron chi connectivity index (χ1n) is 8.74. The van der Waals surface area contributed by atoms with Gasteiger partial charge < -0.3 is 20.1 Å². The van der Waals surface area contributed by atoms with E-state index in [9.17, 15) is 14.4 Å². The first-order chi connectivity index (χ1) is 13.3. The molecular formula is C19H23N3O5S. The van der Waals surface area contributed by atoms with Crippen molar-refractivity contribution >= 4 is 29.3 Å². The second kappa shape index (κ2) is 10.0. The topological polar surface area (TPSA) is 121 Å². The molecule has 1 aromatic carbocycles. The van der Waals surface area contributed by atoms with Gasteiger partial charge in [0.1, 0.15) is 0 Å². The molecule has 0 atom stereocenters. The number of H-pyrrole nitrogens is 1. The number of carbonyl (C=O) groups excluding carboxylic acids is 2. The predicted molar refractivity (Wildman–Crippen MR) is 107 cm³/mol. The number of hydrogen-bond donors (Lipinski definition) is 3. The van der Waals surface area contributed by atoms with E-state index >= 15 is 0 Å². The summed E-state index contributed by atoms with van der Waals surface area (Å²) < 4.78 is 5.11. The van der Waals surface area contributed by atoms with Crippen LogP contribution in [-0.2, 0) is 16.0 Å². The van der Waals surface area contributed by atoms with Crippen LogP contribution in [0.3, 0.4) is 0 Å². The summed E-state index contributed by atoms with van der Waals surface area (Å²) in [7, 11) is 0. The Morgan fingerprint density at radius 2 is 1.96 bits per heavy atom. The molecule has 2 rings (SSSR count). The zero-order valence-corrected chi connectivity index (χ0v) is 16.8. The molecule has 8 nitrogen and oxygen atoms in total. The lowest BCUT2D eigenvalue weighted by Crippen LogP contribution is -2.19. The van der Waals surface area contributed by atoms with Crippen molar-refractivity contribution in [3.63, 3.8) is 0 Å². The summed E-state index contributed by atoms with van der Waals surface area (Å²) in [6, 6.07) is 6.40. The van der Waals surface area contributed by atoms with Crippen molar-refractivity contribution in [1.82, 2.24) is 9.97 Å². The maximum absolute atomic E-state index is 12.1. The third-order valence-electron chi connectivity index (χ3n) is 3.65. The Balaban J connectivity index is 1.92. The molecule has 0 saturated heterocycles. The Labute approximate surface area is 166 Å². The van der Waals surface area contributed by atoms with Gasteiger partial charge in [0.25, 0.3) is 5.56 Å². The lowest BCUT2D eigenvalue weighted by atomic mass is 10.2. The molecule has 0 bridgehead atoms. The number of aliphatic hydroxyl groups excluding tert-OH is 1.